The number of carbonyl (C=O) groups excluding carboxylic acids is 1. The summed E-state index contributed by atoms with van der Waals surface area (Å²) in [6, 6.07) is 7.98. The zero-order valence-electron chi connectivity index (χ0n) is 17.8. The van der Waals surface area contributed by atoms with Crippen molar-refractivity contribution in [1.82, 2.24) is 24.8 Å². The summed E-state index contributed by atoms with van der Waals surface area (Å²) in [6.45, 7) is 5.01. The minimum absolute atomic E-state index is 0.218. The van der Waals surface area contributed by atoms with Crippen molar-refractivity contribution >= 4 is 40.6 Å². The molecule has 1 aliphatic rings. The van der Waals surface area contributed by atoms with Crippen molar-refractivity contribution in [2.45, 2.75) is 13.1 Å². The Hall–Kier alpha value is -3.01. The van der Waals surface area contributed by atoms with Gasteiger partial charge in [0.25, 0.3) is 0 Å². The summed E-state index contributed by atoms with van der Waals surface area (Å²) in [4.78, 5) is 26.7. The number of halogens is 1. The van der Waals surface area contributed by atoms with Crippen molar-refractivity contribution in [3.05, 3.63) is 53.1 Å². The van der Waals surface area contributed by atoms with Gasteiger partial charge in [0.2, 0.25) is 5.28 Å². The molecule has 3 aromatic rings. The van der Waals surface area contributed by atoms with Crippen LogP contribution in [-0.4, -0.2) is 65.4 Å². The Morgan fingerprint density at radius 3 is 2.78 bits per heavy atom. The van der Waals surface area contributed by atoms with E-state index in [1.807, 2.05) is 28.8 Å². The van der Waals surface area contributed by atoms with Crippen molar-refractivity contribution in [2.24, 2.45) is 0 Å². The molecule has 1 aliphatic heterocycles. The Labute approximate surface area is 191 Å². The highest BCUT2D eigenvalue weighted by molar-refractivity contribution is 6.28. The summed E-state index contributed by atoms with van der Waals surface area (Å²) in [7, 11) is 1.36. The van der Waals surface area contributed by atoms with E-state index in [1.165, 1.54) is 13.2 Å². The van der Waals surface area contributed by atoms with E-state index in [0.29, 0.717) is 19.8 Å². The Kier molecular flexibility index (Phi) is 7.31. The van der Waals surface area contributed by atoms with E-state index in [9.17, 15) is 4.79 Å². The average molecular weight is 457 g/mol. The van der Waals surface area contributed by atoms with Gasteiger partial charge in [0.05, 0.1) is 26.7 Å². The maximum Gasteiger partial charge on any atom is 0.330 e. The maximum atomic E-state index is 11.2. The molecule has 0 bridgehead atoms. The van der Waals surface area contributed by atoms with Crippen LogP contribution in [0.2, 0.25) is 5.28 Å². The number of aromatic nitrogens is 4. The topological polar surface area (TPSA) is 94.4 Å². The van der Waals surface area contributed by atoms with Crippen LogP contribution >= 0.6 is 11.6 Å². The number of benzene rings is 1. The monoisotopic (exact) mass is 456 g/mol. The maximum absolute atomic E-state index is 11.2. The number of fused-ring (bicyclic) bond motifs is 1. The predicted molar refractivity (Wildman–Crippen MR) is 123 cm³/mol. The van der Waals surface area contributed by atoms with Gasteiger partial charge in [-0.2, -0.15) is 9.97 Å². The van der Waals surface area contributed by atoms with Gasteiger partial charge in [-0.1, -0.05) is 24.3 Å². The largest absolute Gasteiger partial charge is 0.466 e. The molecule has 1 aromatic carbocycles. The molecule has 1 saturated heterocycles. The van der Waals surface area contributed by atoms with Gasteiger partial charge in [-0.05, 0) is 28.8 Å². The van der Waals surface area contributed by atoms with E-state index in [1.54, 1.807) is 12.4 Å². The standard InChI is InChI=1S/C22H25ClN6O3/c1-31-18(30)7-6-16-2-4-17(5-3-16)14-24-8-9-29-15-25-19-20(26-22(23)27-21(19)29)28-10-12-32-13-11-28/h2-7,15,24H,8-14H2,1H3/b7-6+. The van der Waals surface area contributed by atoms with Crippen LogP contribution in [0.5, 0.6) is 0 Å². The second-order valence-electron chi connectivity index (χ2n) is 7.30. The fourth-order valence-corrected chi connectivity index (χ4v) is 3.63. The molecule has 4 rings (SSSR count). The van der Waals surface area contributed by atoms with Crippen LogP contribution in [0.4, 0.5) is 5.82 Å². The third-order valence-corrected chi connectivity index (χ3v) is 5.35. The first-order chi connectivity index (χ1) is 15.6. The molecule has 0 atom stereocenters. The number of imidazole rings is 1. The molecule has 0 spiro atoms. The number of ether oxygens (including phenoxy) is 2. The zero-order valence-corrected chi connectivity index (χ0v) is 18.6. The number of hydrogen-bond acceptors (Lipinski definition) is 8. The van der Waals surface area contributed by atoms with Crippen LogP contribution < -0.4 is 10.2 Å². The Morgan fingerprint density at radius 1 is 1.25 bits per heavy atom. The lowest BCUT2D eigenvalue weighted by Crippen LogP contribution is -2.37. The van der Waals surface area contributed by atoms with Gasteiger partial charge in [-0.15, -0.1) is 0 Å². The third-order valence-electron chi connectivity index (χ3n) is 5.18. The molecule has 0 amide bonds. The highest BCUT2D eigenvalue weighted by atomic mass is 35.5. The Bertz CT molecular complexity index is 1090. The van der Waals surface area contributed by atoms with Crippen LogP contribution in [0.25, 0.3) is 17.2 Å². The number of esters is 1. The number of anilines is 1. The number of hydrogen-bond donors (Lipinski definition) is 1. The van der Waals surface area contributed by atoms with Crippen molar-refractivity contribution < 1.29 is 14.3 Å². The molecule has 3 heterocycles. The quantitative estimate of drug-likeness (QED) is 0.239. The molecule has 10 heteroatoms. The number of nitrogens with zero attached hydrogens (tertiary/aromatic N) is 5. The number of morpholine rings is 1. The molecule has 168 valence electrons. The van der Waals surface area contributed by atoms with Crippen molar-refractivity contribution in [3.8, 4) is 0 Å². The van der Waals surface area contributed by atoms with Crippen LogP contribution in [0.3, 0.4) is 0 Å². The molecule has 1 fully saturated rings. The zero-order chi connectivity index (χ0) is 22.3. The molecule has 0 radical (unpaired) electrons. The SMILES string of the molecule is COC(=O)/C=C/c1ccc(CNCCn2cnc3c(N4CCOCC4)nc(Cl)nc32)cc1. The lowest BCUT2D eigenvalue weighted by atomic mass is 10.1. The molecule has 1 N–H and O–H groups in total. The molecular formula is C22H25ClN6O3. The van der Waals surface area contributed by atoms with E-state index >= 15 is 0 Å². The van der Waals surface area contributed by atoms with Crippen LogP contribution in [-0.2, 0) is 27.4 Å². The van der Waals surface area contributed by atoms with E-state index in [-0.39, 0.29) is 11.3 Å². The summed E-state index contributed by atoms with van der Waals surface area (Å²) in [6.07, 6.45) is 4.91. The minimum Gasteiger partial charge on any atom is -0.466 e. The summed E-state index contributed by atoms with van der Waals surface area (Å²) >= 11 is 6.21. The van der Waals surface area contributed by atoms with Crippen molar-refractivity contribution in [2.75, 3.05) is 44.9 Å². The van der Waals surface area contributed by atoms with Crippen LogP contribution in [0.1, 0.15) is 11.1 Å². The number of methoxy groups -OCH3 is 1. The van der Waals surface area contributed by atoms with Gasteiger partial charge in [0.15, 0.2) is 17.0 Å². The Morgan fingerprint density at radius 2 is 2.03 bits per heavy atom. The lowest BCUT2D eigenvalue weighted by Gasteiger charge is -2.27. The van der Waals surface area contributed by atoms with Gasteiger partial charge in [-0.25, -0.2) is 9.78 Å². The van der Waals surface area contributed by atoms with E-state index in [2.05, 4.69) is 29.9 Å². The third kappa shape index (κ3) is 5.42. The highest BCUT2D eigenvalue weighted by Crippen LogP contribution is 2.25. The summed E-state index contributed by atoms with van der Waals surface area (Å²) in [5.74, 6) is 0.391. The molecule has 2 aromatic heterocycles. The van der Waals surface area contributed by atoms with E-state index in [0.717, 1.165) is 54.3 Å². The van der Waals surface area contributed by atoms with Gasteiger partial charge in [0, 0.05) is 38.8 Å². The molecular weight excluding hydrogens is 432 g/mol. The summed E-state index contributed by atoms with van der Waals surface area (Å²) in [5.41, 5.74) is 3.58. The fraction of sp³-hybridized carbons (Fsp3) is 0.364. The van der Waals surface area contributed by atoms with Crippen LogP contribution in [0, 0.1) is 0 Å². The van der Waals surface area contributed by atoms with Gasteiger partial charge in [0.1, 0.15) is 0 Å². The number of nitrogens with one attached hydrogen (secondary N) is 1. The van der Waals surface area contributed by atoms with Crippen molar-refractivity contribution in [3.63, 3.8) is 0 Å². The smallest absolute Gasteiger partial charge is 0.330 e. The Balaban J connectivity index is 1.34. The van der Waals surface area contributed by atoms with E-state index in [4.69, 9.17) is 16.3 Å². The molecule has 0 aliphatic carbocycles. The average Bonchev–Trinajstić information content (AvgIpc) is 3.23. The first kappa shape index (κ1) is 22.2. The van der Waals surface area contributed by atoms with Crippen LogP contribution in [0.15, 0.2) is 36.7 Å². The number of carbonyl (C=O) groups is 1. The second kappa shape index (κ2) is 10.5. The second-order valence-corrected chi connectivity index (χ2v) is 7.64. The fourth-order valence-electron chi connectivity index (χ4n) is 3.47. The van der Waals surface area contributed by atoms with Crippen molar-refractivity contribution in [1.29, 1.82) is 0 Å². The van der Waals surface area contributed by atoms with Gasteiger partial charge in [-0.3, -0.25) is 0 Å². The number of rotatable bonds is 8. The lowest BCUT2D eigenvalue weighted by molar-refractivity contribution is -0.134. The minimum atomic E-state index is -0.369. The molecule has 32 heavy (non-hydrogen) atoms. The molecule has 9 nitrogen and oxygen atoms in total. The molecule has 0 saturated carbocycles. The van der Waals surface area contributed by atoms with Gasteiger partial charge >= 0.3 is 5.97 Å². The predicted octanol–water partition coefficient (Wildman–Crippen LogP) is 2.29. The van der Waals surface area contributed by atoms with Gasteiger partial charge < -0.3 is 24.3 Å². The first-order valence-corrected chi connectivity index (χ1v) is 10.8. The normalized spacial score (nSPS) is 14.4. The van der Waals surface area contributed by atoms with E-state index < -0.39 is 0 Å². The molecule has 0 unspecified atom stereocenters. The summed E-state index contributed by atoms with van der Waals surface area (Å²) in [5, 5.41) is 3.65. The first-order valence-electron chi connectivity index (χ1n) is 10.4. The highest BCUT2D eigenvalue weighted by Gasteiger charge is 2.20. The summed E-state index contributed by atoms with van der Waals surface area (Å²) < 4.78 is 12.0.